The number of nitrogens with one attached hydrogen (secondary N) is 1. The minimum absolute atomic E-state index is 0.0521. The third-order valence-corrected chi connectivity index (χ3v) is 3.25. The van der Waals surface area contributed by atoms with Crippen LogP contribution >= 0.6 is 0 Å². The van der Waals surface area contributed by atoms with Crippen molar-refractivity contribution in [3.05, 3.63) is 12.7 Å². The summed E-state index contributed by atoms with van der Waals surface area (Å²) in [4.78, 5) is 10.9. The molecule has 0 amide bonds. The number of carbonyl (C=O) groups is 1. The minimum atomic E-state index is -0.360. The van der Waals surface area contributed by atoms with Crippen LogP contribution < -0.4 is 5.32 Å². The molecule has 0 aliphatic carbocycles. The molecule has 0 aromatic heterocycles. The summed E-state index contributed by atoms with van der Waals surface area (Å²) in [6.45, 7) is 8.77. The van der Waals surface area contributed by atoms with E-state index in [4.69, 9.17) is 0 Å². The highest BCUT2D eigenvalue weighted by atomic mass is 16.1. The highest BCUT2D eigenvalue weighted by Crippen LogP contribution is 2.41. The Bertz CT molecular complexity index is 202. The van der Waals surface area contributed by atoms with Gasteiger partial charge in [-0.1, -0.05) is 13.0 Å². The van der Waals surface area contributed by atoms with E-state index in [2.05, 4.69) is 18.8 Å². The van der Waals surface area contributed by atoms with Gasteiger partial charge in [0.2, 0.25) is 0 Å². The van der Waals surface area contributed by atoms with Crippen LogP contribution in [0.5, 0.6) is 0 Å². The monoisotopic (exact) mass is 167 g/mol. The van der Waals surface area contributed by atoms with E-state index in [0.29, 0.717) is 0 Å². The van der Waals surface area contributed by atoms with Gasteiger partial charge in [0.05, 0.1) is 5.54 Å². The summed E-state index contributed by atoms with van der Waals surface area (Å²) in [6.07, 6.45) is 4.88. The highest BCUT2D eigenvalue weighted by Gasteiger charge is 2.47. The average Bonchev–Trinajstić information content (AvgIpc) is 2.30. The van der Waals surface area contributed by atoms with Gasteiger partial charge in [-0.2, -0.15) is 0 Å². The maximum absolute atomic E-state index is 10.9. The molecule has 1 N–H and O–H groups in total. The first kappa shape index (κ1) is 9.46. The fraction of sp³-hybridized carbons (Fsp3) is 0.700. The Balaban J connectivity index is 2.87. The van der Waals surface area contributed by atoms with Gasteiger partial charge >= 0.3 is 0 Å². The molecule has 1 aliphatic heterocycles. The van der Waals surface area contributed by atoms with E-state index < -0.39 is 0 Å². The average molecular weight is 167 g/mol. The summed E-state index contributed by atoms with van der Waals surface area (Å²) in [5.74, 6) is 0. The first-order valence-corrected chi connectivity index (χ1v) is 4.40. The molecule has 0 spiro atoms. The van der Waals surface area contributed by atoms with Gasteiger partial charge in [0.1, 0.15) is 6.29 Å². The maximum atomic E-state index is 10.9. The van der Waals surface area contributed by atoms with Gasteiger partial charge in [0.25, 0.3) is 0 Å². The standard InChI is InChI=1S/C10H17NO/c1-4-5-9(2)6-7-11-10(9,3)8-12/h4,8,11H,1,5-7H2,2-3H3/t9-,10?/m1/s1. The highest BCUT2D eigenvalue weighted by molar-refractivity contribution is 5.66. The zero-order valence-corrected chi connectivity index (χ0v) is 7.89. The molecule has 2 atom stereocenters. The second-order valence-corrected chi connectivity index (χ2v) is 4.05. The lowest BCUT2D eigenvalue weighted by Crippen LogP contribution is -2.49. The van der Waals surface area contributed by atoms with E-state index in [0.717, 1.165) is 25.7 Å². The zero-order valence-electron chi connectivity index (χ0n) is 7.89. The molecule has 68 valence electrons. The van der Waals surface area contributed by atoms with Crippen LogP contribution in [-0.4, -0.2) is 18.4 Å². The predicted molar refractivity (Wildman–Crippen MR) is 50.0 cm³/mol. The number of carbonyl (C=O) groups excluding carboxylic acids is 1. The Morgan fingerprint density at radius 3 is 2.75 bits per heavy atom. The van der Waals surface area contributed by atoms with Crippen LogP contribution in [0.1, 0.15) is 26.7 Å². The summed E-state index contributed by atoms with van der Waals surface area (Å²) < 4.78 is 0. The van der Waals surface area contributed by atoms with Crippen molar-refractivity contribution < 1.29 is 4.79 Å². The van der Waals surface area contributed by atoms with Crippen molar-refractivity contribution in [3.8, 4) is 0 Å². The summed E-state index contributed by atoms with van der Waals surface area (Å²) in [5.41, 5.74) is -0.308. The van der Waals surface area contributed by atoms with E-state index in [9.17, 15) is 4.79 Å². The van der Waals surface area contributed by atoms with Gasteiger partial charge in [-0.25, -0.2) is 0 Å². The largest absolute Gasteiger partial charge is 0.305 e. The van der Waals surface area contributed by atoms with Crippen LogP contribution in [-0.2, 0) is 4.79 Å². The van der Waals surface area contributed by atoms with E-state index in [1.165, 1.54) is 0 Å². The number of allylic oxidation sites excluding steroid dienone is 1. The van der Waals surface area contributed by atoms with E-state index in [-0.39, 0.29) is 11.0 Å². The van der Waals surface area contributed by atoms with Crippen molar-refractivity contribution in [2.24, 2.45) is 5.41 Å². The Morgan fingerprint density at radius 2 is 2.25 bits per heavy atom. The van der Waals surface area contributed by atoms with Crippen LogP contribution in [0.25, 0.3) is 0 Å². The first-order valence-electron chi connectivity index (χ1n) is 4.40. The van der Waals surface area contributed by atoms with Gasteiger partial charge in [0, 0.05) is 0 Å². The lowest BCUT2D eigenvalue weighted by molar-refractivity contribution is -0.115. The zero-order chi connectivity index (χ0) is 9.24. The van der Waals surface area contributed by atoms with Gasteiger partial charge < -0.3 is 10.1 Å². The molecule has 0 aromatic carbocycles. The van der Waals surface area contributed by atoms with Crippen LogP contribution in [0.4, 0.5) is 0 Å². The number of rotatable bonds is 3. The number of hydrogen-bond donors (Lipinski definition) is 1. The molecule has 0 saturated carbocycles. The summed E-state index contributed by atoms with van der Waals surface area (Å²) in [7, 11) is 0. The molecule has 0 radical (unpaired) electrons. The second-order valence-electron chi connectivity index (χ2n) is 4.05. The van der Waals surface area contributed by atoms with E-state index in [1.54, 1.807) is 0 Å². The molecule has 1 aliphatic rings. The Morgan fingerprint density at radius 1 is 1.58 bits per heavy atom. The minimum Gasteiger partial charge on any atom is -0.305 e. The van der Waals surface area contributed by atoms with Gasteiger partial charge in [-0.15, -0.1) is 6.58 Å². The first-order chi connectivity index (χ1) is 5.58. The molecule has 1 saturated heterocycles. The molecule has 2 heteroatoms. The van der Waals surface area contributed by atoms with Crippen molar-refractivity contribution >= 4 is 6.29 Å². The Kier molecular flexibility index (Phi) is 2.38. The van der Waals surface area contributed by atoms with Crippen LogP contribution in [0, 0.1) is 5.41 Å². The fourth-order valence-corrected chi connectivity index (χ4v) is 1.89. The predicted octanol–water partition coefficient (Wildman–Crippen LogP) is 1.52. The molecule has 1 fully saturated rings. The third kappa shape index (κ3) is 1.20. The second kappa shape index (κ2) is 3.02. The molecule has 1 heterocycles. The maximum Gasteiger partial charge on any atom is 0.140 e. The van der Waals surface area contributed by atoms with Crippen LogP contribution in [0.3, 0.4) is 0 Å². The molecule has 0 bridgehead atoms. The SMILES string of the molecule is C=CC[C@]1(C)CCNC1(C)C=O. The smallest absolute Gasteiger partial charge is 0.140 e. The van der Waals surface area contributed by atoms with Gasteiger partial charge in [-0.05, 0) is 31.7 Å². The van der Waals surface area contributed by atoms with Crippen molar-refractivity contribution in [2.75, 3.05) is 6.54 Å². The molecule has 1 unspecified atom stereocenters. The number of aldehydes is 1. The van der Waals surface area contributed by atoms with Crippen molar-refractivity contribution in [3.63, 3.8) is 0 Å². The number of hydrogen-bond acceptors (Lipinski definition) is 2. The molecule has 12 heavy (non-hydrogen) atoms. The quantitative estimate of drug-likeness (QED) is 0.510. The third-order valence-electron chi connectivity index (χ3n) is 3.25. The topological polar surface area (TPSA) is 29.1 Å². The Hall–Kier alpha value is -0.630. The van der Waals surface area contributed by atoms with Crippen LogP contribution in [0.15, 0.2) is 12.7 Å². The van der Waals surface area contributed by atoms with Crippen molar-refractivity contribution in [2.45, 2.75) is 32.2 Å². The summed E-state index contributed by atoms with van der Waals surface area (Å²) in [5, 5.41) is 3.24. The van der Waals surface area contributed by atoms with Crippen molar-refractivity contribution in [1.29, 1.82) is 0 Å². The normalized spacial score (nSPS) is 41.2. The lowest BCUT2D eigenvalue weighted by Gasteiger charge is -2.35. The molecule has 0 aromatic rings. The Labute approximate surface area is 74.0 Å². The van der Waals surface area contributed by atoms with Gasteiger partial charge in [-0.3, -0.25) is 0 Å². The van der Waals surface area contributed by atoms with Crippen LogP contribution in [0.2, 0.25) is 0 Å². The molecule has 1 rings (SSSR count). The van der Waals surface area contributed by atoms with Gasteiger partial charge in [0.15, 0.2) is 0 Å². The van der Waals surface area contributed by atoms with Crippen molar-refractivity contribution in [1.82, 2.24) is 5.32 Å². The molecular formula is C10H17NO. The van der Waals surface area contributed by atoms with E-state index >= 15 is 0 Å². The summed E-state index contributed by atoms with van der Waals surface area (Å²) >= 11 is 0. The fourth-order valence-electron chi connectivity index (χ4n) is 1.89. The lowest BCUT2D eigenvalue weighted by atomic mass is 9.71. The molecule has 2 nitrogen and oxygen atoms in total. The molecular weight excluding hydrogens is 150 g/mol. The van der Waals surface area contributed by atoms with E-state index in [1.807, 2.05) is 13.0 Å². The summed E-state index contributed by atoms with van der Waals surface area (Å²) in [6, 6.07) is 0.